The van der Waals surface area contributed by atoms with Crippen molar-refractivity contribution in [2.75, 3.05) is 0 Å². The Hall–Kier alpha value is -0.676. The fourth-order valence-corrected chi connectivity index (χ4v) is 4.66. The van der Waals surface area contributed by atoms with Crippen LogP contribution in [0.1, 0.15) is 0 Å². The molecule has 19 heavy (non-hydrogen) atoms. The van der Waals surface area contributed by atoms with E-state index in [4.69, 9.17) is 11.5 Å². The lowest BCUT2D eigenvalue weighted by atomic mass is 10.2. The molecule has 0 spiro atoms. The molecule has 8 heteroatoms. The molecule has 0 radical (unpaired) electrons. The second-order valence-corrected chi connectivity index (χ2v) is 17.9. The molecule has 5 N–H and O–H groups in total. The second kappa shape index (κ2) is 3.92. The van der Waals surface area contributed by atoms with Gasteiger partial charge in [0.25, 0.3) is 0 Å². The van der Waals surface area contributed by atoms with E-state index in [-0.39, 0.29) is 0 Å². The van der Waals surface area contributed by atoms with Crippen LogP contribution in [-0.4, -0.2) is 44.7 Å². The number of rotatable bonds is 2. The van der Waals surface area contributed by atoms with E-state index in [1.807, 2.05) is 0 Å². The van der Waals surface area contributed by atoms with Crippen LogP contribution in [0.5, 0.6) is 0 Å². The van der Waals surface area contributed by atoms with Crippen molar-refractivity contribution in [3.8, 4) is 0 Å². The molecule has 0 bridgehead atoms. The first-order valence-corrected chi connectivity index (χ1v) is 13.5. The predicted octanol–water partition coefficient (Wildman–Crippen LogP) is 0.493. The zero-order valence-corrected chi connectivity index (χ0v) is 14.6. The number of aliphatic imine (C=N–C) groups is 3. The molecule has 0 aromatic rings. The maximum absolute atomic E-state index is 6.69. The summed E-state index contributed by atoms with van der Waals surface area (Å²) in [6.45, 7) is 13.1. The smallest absolute Gasteiger partial charge is 0.176 e. The molecule has 2 aliphatic rings. The molecule has 2 atom stereocenters. The fraction of sp³-hybridized carbons (Fsp3) is 0.727. The van der Waals surface area contributed by atoms with Gasteiger partial charge in [-0.2, -0.15) is 0 Å². The number of nitrogens with two attached hydrogens (primary N) is 2. The standard InChI is InChI=1S/C11H24N6Si2/c1-18(2,3)10(12)8-9(15-7-14-8)16-11(13,17-10)19(4,5)6/h7,17H,12-13H2,1-6H3. The Labute approximate surface area is 116 Å². The van der Waals surface area contributed by atoms with Gasteiger partial charge in [0.2, 0.25) is 0 Å². The van der Waals surface area contributed by atoms with Crippen molar-refractivity contribution < 1.29 is 0 Å². The minimum atomic E-state index is -1.82. The van der Waals surface area contributed by atoms with E-state index >= 15 is 0 Å². The first-order chi connectivity index (χ1) is 8.41. The van der Waals surface area contributed by atoms with E-state index < -0.39 is 26.8 Å². The highest BCUT2D eigenvalue weighted by molar-refractivity contribution is 6.86. The molecular weight excluding hydrogens is 272 g/mol. The van der Waals surface area contributed by atoms with Crippen LogP contribution in [0.4, 0.5) is 0 Å². The predicted molar refractivity (Wildman–Crippen MR) is 87.0 cm³/mol. The lowest BCUT2D eigenvalue weighted by Crippen LogP contribution is -2.85. The SMILES string of the molecule is C[Si](C)(C)C1(N)N=C2N=CN=C2C(N)([Si](C)(C)C)N1. The Morgan fingerprint density at radius 3 is 2.11 bits per heavy atom. The van der Waals surface area contributed by atoms with Crippen molar-refractivity contribution in [1.82, 2.24) is 5.32 Å². The lowest BCUT2D eigenvalue weighted by Gasteiger charge is -2.52. The third kappa shape index (κ3) is 2.07. The molecule has 106 valence electrons. The third-order valence-corrected chi connectivity index (χ3v) is 9.20. The van der Waals surface area contributed by atoms with Gasteiger partial charge in [-0.3, -0.25) is 11.1 Å². The molecule has 2 heterocycles. The quantitative estimate of drug-likeness (QED) is 0.646. The van der Waals surface area contributed by atoms with Crippen LogP contribution in [0.3, 0.4) is 0 Å². The Bertz CT molecular complexity index is 498. The summed E-state index contributed by atoms with van der Waals surface area (Å²) in [6, 6.07) is 0. The maximum Gasteiger partial charge on any atom is 0.176 e. The Morgan fingerprint density at radius 2 is 1.63 bits per heavy atom. The molecule has 0 aliphatic carbocycles. The van der Waals surface area contributed by atoms with Crippen molar-refractivity contribution in [3.63, 3.8) is 0 Å². The molecule has 2 aliphatic heterocycles. The number of amidine groups is 1. The molecule has 2 rings (SSSR count). The molecule has 6 nitrogen and oxygen atoms in total. The van der Waals surface area contributed by atoms with E-state index in [2.05, 4.69) is 59.6 Å². The molecule has 0 amide bonds. The summed E-state index contributed by atoms with van der Waals surface area (Å²) in [5.74, 6) is 0.605. The van der Waals surface area contributed by atoms with Crippen LogP contribution in [0.25, 0.3) is 0 Å². The average molecular weight is 297 g/mol. The molecule has 0 aromatic heterocycles. The first kappa shape index (κ1) is 14.7. The number of nitrogens with one attached hydrogen (secondary N) is 1. The Balaban J connectivity index is 2.61. The zero-order valence-electron chi connectivity index (χ0n) is 12.6. The Morgan fingerprint density at radius 1 is 1.05 bits per heavy atom. The van der Waals surface area contributed by atoms with E-state index in [0.717, 1.165) is 5.71 Å². The van der Waals surface area contributed by atoms with Crippen LogP contribution < -0.4 is 16.8 Å². The van der Waals surface area contributed by atoms with E-state index in [1.54, 1.807) is 0 Å². The minimum absolute atomic E-state index is 0.605. The topological polar surface area (TPSA) is 101 Å². The van der Waals surface area contributed by atoms with Gasteiger partial charge in [0, 0.05) is 0 Å². The minimum Gasteiger partial charge on any atom is -0.311 e. The highest BCUT2D eigenvalue weighted by Crippen LogP contribution is 2.30. The van der Waals surface area contributed by atoms with Gasteiger partial charge >= 0.3 is 0 Å². The second-order valence-electron chi connectivity index (χ2n) is 7.36. The van der Waals surface area contributed by atoms with Gasteiger partial charge in [-0.15, -0.1) is 0 Å². The van der Waals surface area contributed by atoms with Gasteiger partial charge in [0.15, 0.2) is 5.84 Å². The summed E-state index contributed by atoms with van der Waals surface area (Å²) >= 11 is 0. The van der Waals surface area contributed by atoms with Gasteiger partial charge < -0.3 is 5.73 Å². The van der Waals surface area contributed by atoms with Crippen molar-refractivity contribution in [1.29, 1.82) is 0 Å². The van der Waals surface area contributed by atoms with E-state index in [0.29, 0.717) is 5.84 Å². The summed E-state index contributed by atoms with van der Waals surface area (Å²) < 4.78 is 0. The number of hydrogen-bond acceptors (Lipinski definition) is 6. The van der Waals surface area contributed by atoms with Crippen molar-refractivity contribution in [2.24, 2.45) is 26.4 Å². The van der Waals surface area contributed by atoms with Crippen LogP contribution in [0.2, 0.25) is 39.3 Å². The summed E-state index contributed by atoms with van der Waals surface area (Å²) in [7, 11) is -3.63. The number of hydrogen-bond donors (Lipinski definition) is 3. The van der Waals surface area contributed by atoms with Gasteiger partial charge in [-0.25, -0.2) is 15.0 Å². The number of nitrogens with zero attached hydrogens (tertiary/aromatic N) is 3. The van der Waals surface area contributed by atoms with E-state index in [1.165, 1.54) is 6.34 Å². The third-order valence-electron chi connectivity index (χ3n) is 3.95. The van der Waals surface area contributed by atoms with Crippen LogP contribution >= 0.6 is 0 Å². The van der Waals surface area contributed by atoms with Gasteiger partial charge in [0.05, 0.1) is 8.07 Å². The van der Waals surface area contributed by atoms with Crippen molar-refractivity contribution >= 4 is 34.0 Å². The zero-order chi connectivity index (χ0) is 14.7. The van der Waals surface area contributed by atoms with Crippen LogP contribution in [-0.2, 0) is 0 Å². The summed E-state index contributed by atoms with van der Waals surface area (Å²) in [5, 5.41) is 2.74. The first-order valence-electron chi connectivity index (χ1n) is 6.49. The van der Waals surface area contributed by atoms with Crippen LogP contribution in [0.15, 0.2) is 15.0 Å². The van der Waals surface area contributed by atoms with Crippen LogP contribution in [0, 0.1) is 0 Å². The average Bonchev–Trinajstić information content (AvgIpc) is 2.62. The molecule has 0 saturated heterocycles. The molecular formula is C11H24N6Si2. The fourth-order valence-electron chi connectivity index (χ4n) is 2.07. The molecule has 0 saturated carbocycles. The summed E-state index contributed by atoms with van der Waals surface area (Å²) in [6.07, 6.45) is 1.52. The normalized spacial score (nSPS) is 34.9. The largest absolute Gasteiger partial charge is 0.311 e. The highest BCUT2D eigenvalue weighted by Gasteiger charge is 2.57. The molecule has 0 aromatic carbocycles. The highest BCUT2D eigenvalue weighted by atomic mass is 28.3. The van der Waals surface area contributed by atoms with Crippen molar-refractivity contribution in [3.05, 3.63) is 0 Å². The monoisotopic (exact) mass is 296 g/mol. The molecule has 0 fully saturated rings. The summed E-state index contributed by atoms with van der Waals surface area (Å²) in [5.41, 5.74) is 13.2. The van der Waals surface area contributed by atoms with E-state index in [9.17, 15) is 0 Å². The summed E-state index contributed by atoms with van der Waals surface area (Å²) in [4.78, 5) is 13.2. The number of fused-ring (bicyclic) bond motifs is 1. The van der Waals surface area contributed by atoms with Gasteiger partial charge in [0.1, 0.15) is 30.8 Å². The maximum atomic E-state index is 6.69. The van der Waals surface area contributed by atoms with Crippen molar-refractivity contribution in [2.45, 2.75) is 50.0 Å². The molecule has 2 unspecified atom stereocenters. The Kier molecular flexibility index (Phi) is 3.04. The van der Waals surface area contributed by atoms with Gasteiger partial charge in [-0.05, 0) is 0 Å². The lowest BCUT2D eigenvalue weighted by molar-refractivity contribution is 0.399. The van der Waals surface area contributed by atoms with Gasteiger partial charge in [-0.1, -0.05) is 39.3 Å².